The average Bonchev–Trinajstić information content (AvgIpc) is 1.47. The molecule has 0 amide bonds. The summed E-state index contributed by atoms with van der Waals surface area (Å²) in [6.07, 6.45) is 1.83. The summed E-state index contributed by atoms with van der Waals surface area (Å²) < 4.78 is 109. The molecule has 11 aromatic carbocycles. The number of benzene rings is 11. The van der Waals surface area contributed by atoms with Gasteiger partial charge in [-0.15, -0.1) is 0 Å². The molecule has 0 aliphatic rings. The maximum atomic E-state index is 9.60. The van der Waals surface area contributed by atoms with Gasteiger partial charge < -0.3 is 4.57 Å². The normalized spacial score (nSPS) is 13.6. The molecule has 0 saturated heterocycles. The molecule has 5 aromatic heterocycles. The van der Waals surface area contributed by atoms with Crippen molar-refractivity contribution in [2.45, 2.75) is 0 Å². The molecule has 0 aliphatic carbocycles. The third kappa shape index (κ3) is 7.25. The molecule has 80 heavy (non-hydrogen) atoms. The Morgan fingerprint density at radius 3 is 1.40 bits per heavy atom. The quantitative estimate of drug-likeness (QED) is 0.135. The second-order valence-corrected chi connectivity index (χ2v) is 20.4. The van der Waals surface area contributed by atoms with Crippen LogP contribution in [0.3, 0.4) is 0 Å². The summed E-state index contributed by atoms with van der Waals surface area (Å²) in [6, 6.07) is 67.0. The van der Waals surface area contributed by atoms with Crippen molar-refractivity contribution in [3.05, 3.63) is 283 Å². The van der Waals surface area contributed by atoms with E-state index < -0.39 is 60.4 Å². The number of aromatic nitrogens is 6. The predicted octanol–water partition coefficient (Wildman–Crippen LogP) is 17.9. The Labute approximate surface area is 484 Å². The minimum atomic E-state index is -0.588. The number of fused-ring (bicyclic) bond motifs is 10. The molecule has 0 saturated carbocycles. The monoisotopic (exact) mass is 1210 g/mol. The van der Waals surface area contributed by atoms with Crippen molar-refractivity contribution >= 4 is 76.5 Å². The number of pyridine rings is 1. The molecule has 5 heterocycles. The molecule has 7 nitrogen and oxygen atoms in total. The zero-order valence-electron chi connectivity index (χ0n) is 52.0. The number of hydrogen-bond donors (Lipinski definition) is 0. The van der Waals surface area contributed by atoms with Crippen molar-refractivity contribution in [3.63, 3.8) is 0 Å². The molecule has 16 aromatic rings. The van der Waals surface area contributed by atoms with Crippen LogP contribution < -0.4 is 4.74 Å². The van der Waals surface area contributed by atoms with Gasteiger partial charge in [0.2, 0.25) is 0 Å². The van der Waals surface area contributed by atoms with E-state index in [0.717, 1.165) is 71.1 Å². The minimum absolute atomic E-state index is 0.136. The summed E-state index contributed by atoms with van der Waals surface area (Å²) in [6.45, 7) is 0. The van der Waals surface area contributed by atoms with Gasteiger partial charge in [-0.2, -0.15) is 0 Å². The van der Waals surface area contributed by atoms with Crippen LogP contribution in [0.2, 0.25) is 0 Å². The van der Waals surface area contributed by atoms with Gasteiger partial charge in [-0.05, 0) is 18.2 Å². The molecule has 8 heteroatoms. The molecule has 0 aliphatic heterocycles. The second kappa shape index (κ2) is 18.6. The molecule has 0 spiro atoms. The van der Waals surface area contributed by atoms with Gasteiger partial charge in [-0.1, -0.05) is 48.5 Å². The summed E-state index contributed by atoms with van der Waals surface area (Å²) in [5, 5.41) is 6.10. The summed E-state index contributed by atoms with van der Waals surface area (Å²) in [5.41, 5.74) is 8.69. The third-order valence-corrected chi connectivity index (χ3v) is 16.0. The van der Waals surface area contributed by atoms with Crippen LogP contribution in [0, 0.1) is 15.9 Å². The number of imidazole rings is 1. The maximum absolute atomic E-state index is 9.60. The van der Waals surface area contributed by atoms with Crippen molar-refractivity contribution in [3.8, 4) is 62.3 Å². The van der Waals surface area contributed by atoms with Crippen LogP contribution in [0.1, 0.15) is 13.7 Å². The van der Waals surface area contributed by atoms with E-state index >= 15 is 0 Å². The van der Waals surface area contributed by atoms with E-state index in [2.05, 4.69) is 107 Å². The Bertz CT molecular complexity index is 5590. The number of rotatable bonds is 9. The topological polar surface area (TPSA) is 46.8 Å². The molecule has 0 unspecified atom stereocenters. The fourth-order valence-electron chi connectivity index (χ4n) is 11.7. The summed E-state index contributed by atoms with van der Waals surface area (Å²) in [5.74, 6) is 1.46. The van der Waals surface area contributed by atoms with Crippen molar-refractivity contribution in [1.29, 1.82) is 0 Å². The van der Waals surface area contributed by atoms with E-state index in [1.807, 2.05) is 135 Å². The van der Waals surface area contributed by atoms with E-state index in [4.69, 9.17) is 17.9 Å². The van der Waals surface area contributed by atoms with E-state index in [0.29, 0.717) is 43.5 Å². The molecule has 0 atom stereocenters. The van der Waals surface area contributed by atoms with Gasteiger partial charge in [0.15, 0.2) is 0 Å². The molecule has 380 valence electrons. The molecular weight excluding hydrogens is 1160 g/mol. The van der Waals surface area contributed by atoms with E-state index in [1.165, 1.54) is 0 Å². The number of ether oxygens (including phenoxy) is 1. The van der Waals surface area contributed by atoms with Crippen LogP contribution in [-0.4, -0.2) is 27.8 Å². The van der Waals surface area contributed by atoms with E-state index in [9.17, 15) is 5.48 Å². The first-order chi connectivity index (χ1) is 43.8. The van der Waals surface area contributed by atoms with Gasteiger partial charge in [0.1, 0.15) is 0 Å². The van der Waals surface area contributed by atoms with Crippen LogP contribution in [0.15, 0.2) is 267 Å². The van der Waals surface area contributed by atoms with Crippen LogP contribution >= 0.6 is 0 Å². The molecule has 0 bridgehead atoms. The van der Waals surface area contributed by atoms with Crippen LogP contribution in [0.4, 0.5) is 0 Å². The van der Waals surface area contributed by atoms with E-state index in [-0.39, 0.29) is 27.9 Å². The number of nitrogens with zero attached hydrogens (tertiary/aromatic N) is 6. The molecule has 16 rings (SSSR count). The van der Waals surface area contributed by atoms with Crippen molar-refractivity contribution < 1.29 is 37.8 Å². The van der Waals surface area contributed by atoms with Gasteiger partial charge in [0.25, 0.3) is 0 Å². The van der Waals surface area contributed by atoms with E-state index in [1.54, 1.807) is 18.2 Å². The van der Waals surface area contributed by atoms with Gasteiger partial charge in [0, 0.05) is 17.0 Å². The predicted molar refractivity (Wildman–Crippen MR) is 322 cm³/mol. The first-order valence-corrected chi connectivity index (χ1v) is 27.0. The molecule has 0 radical (unpaired) electrons. The fraction of sp³-hybridized carbons (Fsp3) is 0. The summed E-state index contributed by atoms with van der Waals surface area (Å²) >= 11 is 2.18. The van der Waals surface area contributed by atoms with Crippen molar-refractivity contribution in [1.82, 2.24) is 27.8 Å². The standard InChI is InChI=1S/C72H44N6O.Pt/c1-3-20-48(21-4-1)61-43-52(77-65-33-14-9-28-57(65)58-29-10-15-34-66(58)77)44-62(49-22-5-2-6-23-49)72(61)75-47-74(68-36-17-18-37-69(68)75)50-24-19-25-53(42-50)79-54-38-39-60-59-30-11-16-35-67(59)78(70(60)46-54)71-45-51(40-41-73-71)76-63-31-12-7-26-55(63)56-27-8-13-32-64(56)76;/h1-41,43-45H;/q-2;/i1D,2D,3D,4D,5D,6D,20D,21D,22D,23D;. The van der Waals surface area contributed by atoms with Crippen LogP contribution in [0.5, 0.6) is 11.5 Å². The number of hydrogen-bond acceptors (Lipinski definition) is 2. The first kappa shape index (κ1) is 36.9. The van der Waals surface area contributed by atoms with Crippen LogP contribution in [0.25, 0.3) is 127 Å². The molecule has 0 N–H and O–H groups in total. The zero-order valence-corrected chi connectivity index (χ0v) is 44.3. The van der Waals surface area contributed by atoms with Crippen LogP contribution in [-0.2, 0) is 19.4 Å². The molecule has 0 fully saturated rings. The Morgan fingerprint density at radius 2 is 0.850 bits per heavy atom. The summed E-state index contributed by atoms with van der Waals surface area (Å²) in [4.78, 5) is 4.98. The van der Waals surface area contributed by atoms with Crippen molar-refractivity contribution in [2.24, 2.45) is 0 Å². The Kier molecular flexibility index (Phi) is 8.55. The SMILES string of the molecule is [2H]c1c([2H])c([2H])c(-c2cc(-n3c4ccccc4c4ccccc43)cc(-c3c([2H])c([2H])c([2H])c([2H])c3[2H])c2-n2[c](=[Pt])n(-c3[c-]c(Oc4[c-]c5c(cc4)c4ccccc4n5-c4cc(-n5c6ccccc6c6ccccc65)ccn4)ccc3)c3ccccc32)c([2H])c1[2H]. The second-order valence-electron chi connectivity index (χ2n) is 19.3. The Hall–Kier alpha value is -10.1. The van der Waals surface area contributed by atoms with Gasteiger partial charge in [0.05, 0.1) is 16.7 Å². The Balaban J connectivity index is 0.896. The first-order valence-electron chi connectivity index (χ1n) is 30.9. The summed E-state index contributed by atoms with van der Waals surface area (Å²) in [7, 11) is 0. The van der Waals surface area contributed by atoms with Crippen molar-refractivity contribution in [2.75, 3.05) is 0 Å². The Morgan fingerprint density at radius 1 is 0.388 bits per heavy atom. The average molecular weight is 1210 g/mol. The third-order valence-electron chi connectivity index (χ3n) is 15.0. The fourth-order valence-corrected chi connectivity index (χ4v) is 12.8. The molecular formula is C72H44N6OPt-2. The number of para-hydroxylation sites is 7. The van der Waals surface area contributed by atoms with Gasteiger partial charge in [-0.25, -0.2) is 0 Å². The van der Waals surface area contributed by atoms with Gasteiger partial charge in [-0.3, -0.25) is 0 Å². The van der Waals surface area contributed by atoms with Gasteiger partial charge >= 0.3 is 382 Å². The zero-order chi connectivity index (χ0) is 61.5.